The highest BCUT2D eigenvalue weighted by Crippen LogP contribution is 2.18. The zero-order chi connectivity index (χ0) is 20.4. The first-order chi connectivity index (χ1) is 12.8. The summed E-state index contributed by atoms with van der Waals surface area (Å²) in [4.78, 5) is 37.0. The molecule has 27 heavy (non-hydrogen) atoms. The van der Waals surface area contributed by atoms with E-state index in [2.05, 4.69) is 17.2 Å². The Kier molecular flexibility index (Phi) is 9.05. The molecule has 0 heterocycles. The van der Waals surface area contributed by atoms with Crippen LogP contribution in [0.15, 0.2) is 36.9 Å². The van der Waals surface area contributed by atoms with Gasteiger partial charge in [0.15, 0.2) is 6.10 Å². The van der Waals surface area contributed by atoms with Crippen LogP contribution in [0.1, 0.15) is 38.1 Å². The second-order valence-electron chi connectivity index (χ2n) is 6.24. The molecule has 1 rings (SSSR count). The molecular weight excluding hydrogens is 348 g/mol. The lowest BCUT2D eigenvalue weighted by atomic mass is 10.0. The van der Waals surface area contributed by atoms with Crippen molar-refractivity contribution in [3.8, 4) is 5.75 Å². The molecular formula is C20H28N2O5. The van der Waals surface area contributed by atoms with E-state index in [1.165, 1.54) is 13.0 Å². The summed E-state index contributed by atoms with van der Waals surface area (Å²) in [7, 11) is 0. The smallest absolute Gasteiger partial charge is 0.329 e. The van der Waals surface area contributed by atoms with E-state index in [4.69, 9.17) is 9.47 Å². The van der Waals surface area contributed by atoms with Gasteiger partial charge in [-0.05, 0) is 31.9 Å². The van der Waals surface area contributed by atoms with Gasteiger partial charge in [-0.2, -0.15) is 0 Å². The summed E-state index contributed by atoms with van der Waals surface area (Å²) < 4.78 is 10.7. The van der Waals surface area contributed by atoms with Crippen molar-refractivity contribution in [1.82, 2.24) is 10.6 Å². The number of carbonyl (C=O) groups is 3. The molecule has 1 aromatic rings. The number of benzene rings is 1. The van der Waals surface area contributed by atoms with Crippen LogP contribution >= 0.6 is 0 Å². The van der Waals surface area contributed by atoms with Crippen LogP contribution in [0, 0.1) is 5.92 Å². The standard InChI is InChI=1S/C20H28N2O5/c1-6-12-21-18(23)14(5)27-20(25)17(13(3)4)22-19(24)15-10-8-9-11-16(15)26-7-2/h6,8-11,13-14,17H,1,7,12H2,2-5H3,(H,21,23)(H,22,24)/t14-,17+/m1/s1. The number of para-hydroxylation sites is 1. The summed E-state index contributed by atoms with van der Waals surface area (Å²) in [6, 6.07) is 5.88. The number of hydrogen-bond donors (Lipinski definition) is 2. The number of amides is 2. The van der Waals surface area contributed by atoms with Crippen molar-refractivity contribution in [3.63, 3.8) is 0 Å². The van der Waals surface area contributed by atoms with Crippen LogP contribution in [0.5, 0.6) is 5.75 Å². The van der Waals surface area contributed by atoms with Crippen LogP contribution < -0.4 is 15.4 Å². The Bertz CT molecular complexity index is 672. The van der Waals surface area contributed by atoms with Gasteiger partial charge < -0.3 is 20.1 Å². The van der Waals surface area contributed by atoms with Gasteiger partial charge in [0.1, 0.15) is 11.8 Å². The first-order valence-electron chi connectivity index (χ1n) is 8.93. The van der Waals surface area contributed by atoms with E-state index in [9.17, 15) is 14.4 Å². The number of nitrogens with one attached hydrogen (secondary N) is 2. The number of rotatable bonds is 10. The number of hydrogen-bond acceptors (Lipinski definition) is 5. The summed E-state index contributed by atoms with van der Waals surface area (Å²) in [6.45, 7) is 11.1. The van der Waals surface area contributed by atoms with E-state index in [-0.39, 0.29) is 12.5 Å². The Morgan fingerprint density at radius 2 is 1.85 bits per heavy atom. The largest absolute Gasteiger partial charge is 0.493 e. The summed E-state index contributed by atoms with van der Waals surface area (Å²) in [5.74, 6) is -1.35. The maximum atomic E-state index is 12.6. The second-order valence-corrected chi connectivity index (χ2v) is 6.24. The predicted octanol–water partition coefficient (Wildman–Crippen LogP) is 2.07. The number of ether oxygens (including phenoxy) is 2. The highest BCUT2D eigenvalue weighted by Gasteiger charge is 2.29. The lowest BCUT2D eigenvalue weighted by Gasteiger charge is -2.23. The summed E-state index contributed by atoms with van der Waals surface area (Å²) in [6.07, 6.45) is 0.547. The molecule has 0 spiro atoms. The van der Waals surface area contributed by atoms with E-state index >= 15 is 0 Å². The molecule has 1 aromatic carbocycles. The summed E-state index contributed by atoms with van der Waals surface area (Å²) in [5, 5.41) is 5.23. The van der Waals surface area contributed by atoms with Crippen molar-refractivity contribution in [2.45, 2.75) is 39.8 Å². The summed E-state index contributed by atoms with van der Waals surface area (Å²) in [5.41, 5.74) is 0.328. The van der Waals surface area contributed by atoms with Crippen molar-refractivity contribution in [2.75, 3.05) is 13.2 Å². The van der Waals surface area contributed by atoms with Crippen molar-refractivity contribution < 1.29 is 23.9 Å². The van der Waals surface area contributed by atoms with Gasteiger partial charge >= 0.3 is 5.97 Å². The van der Waals surface area contributed by atoms with Gasteiger partial charge in [0.05, 0.1) is 12.2 Å². The predicted molar refractivity (Wildman–Crippen MR) is 102 cm³/mol. The van der Waals surface area contributed by atoms with Gasteiger partial charge in [-0.3, -0.25) is 9.59 Å². The first kappa shape index (κ1) is 22.2. The van der Waals surface area contributed by atoms with Crippen LogP contribution in [-0.2, 0) is 14.3 Å². The molecule has 0 saturated heterocycles. The van der Waals surface area contributed by atoms with Gasteiger partial charge in [-0.15, -0.1) is 6.58 Å². The normalized spacial score (nSPS) is 12.6. The van der Waals surface area contributed by atoms with Crippen LogP contribution in [-0.4, -0.2) is 43.1 Å². The van der Waals surface area contributed by atoms with Crippen molar-refractivity contribution in [2.24, 2.45) is 5.92 Å². The molecule has 0 fully saturated rings. The van der Waals surface area contributed by atoms with Gasteiger partial charge in [0.25, 0.3) is 11.8 Å². The Labute approximate surface area is 160 Å². The third-order valence-electron chi connectivity index (χ3n) is 3.72. The summed E-state index contributed by atoms with van der Waals surface area (Å²) >= 11 is 0. The lowest BCUT2D eigenvalue weighted by molar-refractivity contribution is -0.157. The van der Waals surface area contributed by atoms with Crippen LogP contribution in [0.25, 0.3) is 0 Å². The van der Waals surface area contributed by atoms with Crippen LogP contribution in [0.4, 0.5) is 0 Å². The first-order valence-corrected chi connectivity index (χ1v) is 8.93. The Morgan fingerprint density at radius 1 is 1.19 bits per heavy atom. The van der Waals surface area contributed by atoms with E-state index < -0.39 is 29.9 Å². The van der Waals surface area contributed by atoms with E-state index in [1.807, 2.05) is 6.92 Å². The fraction of sp³-hybridized carbons (Fsp3) is 0.450. The molecule has 7 nitrogen and oxygen atoms in total. The SMILES string of the molecule is C=CCNC(=O)[C@@H](C)OC(=O)[C@@H](NC(=O)c1ccccc1OCC)C(C)C. The van der Waals surface area contributed by atoms with Crippen LogP contribution in [0.2, 0.25) is 0 Å². The minimum absolute atomic E-state index is 0.232. The molecule has 0 aromatic heterocycles. The molecule has 0 aliphatic heterocycles. The molecule has 0 aliphatic rings. The van der Waals surface area contributed by atoms with Crippen molar-refractivity contribution in [3.05, 3.63) is 42.5 Å². The van der Waals surface area contributed by atoms with E-state index in [1.54, 1.807) is 38.1 Å². The Morgan fingerprint density at radius 3 is 2.44 bits per heavy atom. The van der Waals surface area contributed by atoms with Crippen LogP contribution in [0.3, 0.4) is 0 Å². The molecule has 7 heteroatoms. The average molecular weight is 376 g/mol. The molecule has 2 N–H and O–H groups in total. The van der Waals surface area contributed by atoms with Crippen molar-refractivity contribution >= 4 is 17.8 Å². The zero-order valence-corrected chi connectivity index (χ0v) is 16.3. The fourth-order valence-corrected chi connectivity index (χ4v) is 2.27. The van der Waals surface area contributed by atoms with Gasteiger partial charge in [0.2, 0.25) is 0 Å². The van der Waals surface area contributed by atoms with Gasteiger partial charge in [-0.1, -0.05) is 32.1 Å². The second kappa shape index (κ2) is 11.0. The zero-order valence-electron chi connectivity index (χ0n) is 16.3. The lowest BCUT2D eigenvalue weighted by Crippen LogP contribution is -2.47. The molecule has 148 valence electrons. The molecule has 0 aliphatic carbocycles. The minimum Gasteiger partial charge on any atom is -0.493 e. The van der Waals surface area contributed by atoms with Crippen molar-refractivity contribution in [1.29, 1.82) is 0 Å². The molecule has 0 unspecified atom stereocenters. The maximum Gasteiger partial charge on any atom is 0.329 e. The molecule has 0 bridgehead atoms. The van der Waals surface area contributed by atoms with Gasteiger partial charge in [-0.25, -0.2) is 4.79 Å². The molecule has 0 saturated carbocycles. The average Bonchev–Trinajstić information content (AvgIpc) is 2.64. The monoisotopic (exact) mass is 376 g/mol. The topological polar surface area (TPSA) is 93.7 Å². The fourth-order valence-electron chi connectivity index (χ4n) is 2.27. The Balaban J connectivity index is 2.84. The van der Waals surface area contributed by atoms with E-state index in [0.29, 0.717) is 17.9 Å². The third kappa shape index (κ3) is 6.77. The maximum absolute atomic E-state index is 12.6. The van der Waals surface area contributed by atoms with E-state index in [0.717, 1.165) is 0 Å². The van der Waals surface area contributed by atoms with Gasteiger partial charge in [0, 0.05) is 6.54 Å². The number of carbonyl (C=O) groups excluding carboxylic acids is 3. The molecule has 2 amide bonds. The third-order valence-corrected chi connectivity index (χ3v) is 3.72. The highest BCUT2D eigenvalue weighted by molar-refractivity contribution is 5.99. The molecule has 2 atom stereocenters. The minimum atomic E-state index is -0.980. The Hall–Kier alpha value is -2.83. The number of esters is 1. The quantitative estimate of drug-likeness (QED) is 0.482. The highest BCUT2D eigenvalue weighted by atomic mass is 16.5. The molecule has 0 radical (unpaired) electrons.